The molecule has 0 saturated heterocycles. The van der Waals surface area contributed by atoms with Gasteiger partial charge in [-0.25, -0.2) is 4.98 Å². The van der Waals surface area contributed by atoms with Crippen molar-refractivity contribution in [1.29, 1.82) is 0 Å². The number of alkyl halides is 6. The van der Waals surface area contributed by atoms with E-state index in [0.717, 1.165) is 24.3 Å². The summed E-state index contributed by atoms with van der Waals surface area (Å²) in [6.07, 6.45) is -8.08. The van der Waals surface area contributed by atoms with Crippen molar-refractivity contribution in [2.24, 2.45) is 0 Å². The Hall–Kier alpha value is -4.68. The van der Waals surface area contributed by atoms with Gasteiger partial charge in [0.1, 0.15) is 5.75 Å². The number of nitrogens with zero attached hydrogens (tertiary/aromatic N) is 4. The number of benzene rings is 3. The summed E-state index contributed by atoms with van der Waals surface area (Å²) in [5, 5.41) is 3.98. The molecule has 38 heavy (non-hydrogen) atoms. The Morgan fingerprint density at radius 1 is 0.868 bits per heavy atom. The maximum absolute atomic E-state index is 13.1. The summed E-state index contributed by atoms with van der Waals surface area (Å²) in [5.74, 6) is -0.485. The van der Waals surface area contributed by atoms with Crippen LogP contribution in [-0.2, 0) is 12.7 Å². The van der Waals surface area contributed by atoms with Gasteiger partial charge in [0.15, 0.2) is 5.82 Å². The minimum atomic E-state index is -4.81. The highest BCUT2D eigenvalue weighted by molar-refractivity contribution is 5.83. The fourth-order valence-corrected chi connectivity index (χ4v) is 3.72. The summed E-state index contributed by atoms with van der Waals surface area (Å²) < 4.78 is 86.4. The molecule has 0 spiro atoms. The van der Waals surface area contributed by atoms with Crippen molar-refractivity contribution in [1.82, 2.24) is 19.7 Å². The van der Waals surface area contributed by atoms with E-state index in [4.69, 9.17) is 4.52 Å². The molecular weight excluding hydrogens is 518 g/mol. The van der Waals surface area contributed by atoms with Gasteiger partial charge in [-0.2, -0.15) is 18.2 Å². The number of fused-ring (bicyclic) bond motifs is 1. The smallest absolute Gasteiger partial charge is 0.406 e. The highest BCUT2D eigenvalue weighted by Crippen LogP contribution is 2.32. The molecule has 0 amide bonds. The van der Waals surface area contributed by atoms with Crippen molar-refractivity contribution in [2.45, 2.75) is 19.1 Å². The van der Waals surface area contributed by atoms with Crippen molar-refractivity contribution in [3.63, 3.8) is 0 Å². The highest BCUT2D eigenvalue weighted by Gasteiger charge is 2.31. The van der Waals surface area contributed by atoms with E-state index in [0.29, 0.717) is 16.6 Å². The molecule has 0 saturated carbocycles. The fourth-order valence-electron chi connectivity index (χ4n) is 3.72. The third-order valence-electron chi connectivity index (χ3n) is 5.46. The van der Waals surface area contributed by atoms with Gasteiger partial charge in [-0.3, -0.25) is 9.36 Å². The van der Waals surface area contributed by atoms with Gasteiger partial charge in [-0.1, -0.05) is 29.4 Å². The molecule has 2 aromatic heterocycles. The van der Waals surface area contributed by atoms with E-state index in [2.05, 4.69) is 19.9 Å². The predicted octanol–water partition coefficient (Wildman–Crippen LogP) is 6.08. The molecule has 5 rings (SSSR count). The Labute approximate surface area is 208 Å². The molecule has 0 aliphatic rings. The van der Waals surface area contributed by atoms with Gasteiger partial charge in [-0.05, 0) is 53.6 Å². The van der Waals surface area contributed by atoms with E-state index in [1.54, 1.807) is 18.2 Å². The maximum atomic E-state index is 13.1. The molecule has 0 fully saturated rings. The lowest BCUT2D eigenvalue weighted by atomic mass is 10.0. The van der Waals surface area contributed by atoms with Crippen molar-refractivity contribution in [3.8, 4) is 28.3 Å². The third kappa shape index (κ3) is 5.36. The van der Waals surface area contributed by atoms with E-state index in [1.165, 1.54) is 35.2 Å². The molecule has 0 atom stereocenters. The fraction of sp³-hybridized carbons (Fsp3) is 0.120. The minimum Gasteiger partial charge on any atom is -0.406 e. The normalized spacial score (nSPS) is 12.2. The average Bonchev–Trinajstić information content (AvgIpc) is 3.33. The summed E-state index contributed by atoms with van der Waals surface area (Å²) in [5.41, 5.74) is 0.213. The lowest BCUT2D eigenvalue weighted by Crippen LogP contribution is -2.21. The molecule has 0 aliphatic heterocycles. The zero-order valence-electron chi connectivity index (χ0n) is 18.9. The second-order valence-electron chi connectivity index (χ2n) is 8.08. The number of rotatable bonds is 5. The standard InChI is InChI=1S/C25H14F6N4O3/c26-24(27,28)17-3-1-2-16(10-17)22-33-21(34-38-22)12-35-13-32-20-9-6-15(11-19(20)23(35)36)14-4-7-18(8-5-14)37-25(29,30)31/h1-11,13H,12H2. The molecule has 3 aromatic carbocycles. The lowest BCUT2D eigenvalue weighted by Gasteiger charge is -2.10. The van der Waals surface area contributed by atoms with Crippen LogP contribution in [0.5, 0.6) is 5.75 Å². The van der Waals surface area contributed by atoms with Crippen molar-refractivity contribution in [2.75, 3.05) is 0 Å². The van der Waals surface area contributed by atoms with Gasteiger partial charge in [-0.15, -0.1) is 13.2 Å². The van der Waals surface area contributed by atoms with Crippen LogP contribution in [0, 0.1) is 0 Å². The monoisotopic (exact) mass is 532 g/mol. The van der Waals surface area contributed by atoms with Crippen LogP contribution < -0.4 is 10.3 Å². The molecule has 194 valence electrons. The zero-order valence-corrected chi connectivity index (χ0v) is 18.9. The largest absolute Gasteiger partial charge is 0.573 e. The van der Waals surface area contributed by atoms with Crippen LogP contribution in [0.25, 0.3) is 33.5 Å². The highest BCUT2D eigenvalue weighted by atomic mass is 19.4. The Morgan fingerprint density at radius 3 is 2.32 bits per heavy atom. The number of hydrogen-bond donors (Lipinski definition) is 0. The summed E-state index contributed by atoms with van der Waals surface area (Å²) in [6.45, 7) is -0.169. The quantitative estimate of drug-likeness (QED) is 0.255. The topological polar surface area (TPSA) is 83.0 Å². The molecule has 0 N–H and O–H groups in total. The van der Waals surface area contributed by atoms with E-state index in [1.807, 2.05) is 0 Å². The predicted molar refractivity (Wildman–Crippen MR) is 122 cm³/mol. The number of ether oxygens (including phenoxy) is 1. The number of aromatic nitrogens is 4. The first-order valence-corrected chi connectivity index (χ1v) is 10.8. The molecule has 5 aromatic rings. The second kappa shape index (κ2) is 9.32. The average molecular weight is 532 g/mol. The Balaban J connectivity index is 1.41. The van der Waals surface area contributed by atoms with Crippen molar-refractivity contribution < 1.29 is 35.6 Å². The molecule has 0 aliphatic carbocycles. The number of halogens is 6. The van der Waals surface area contributed by atoms with Gasteiger partial charge in [0.2, 0.25) is 0 Å². The molecular formula is C25H14F6N4O3. The van der Waals surface area contributed by atoms with Crippen LogP contribution in [0.4, 0.5) is 26.3 Å². The van der Waals surface area contributed by atoms with Crippen molar-refractivity contribution in [3.05, 3.63) is 94.8 Å². The lowest BCUT2D eigenvalue weighted by molar-refractivity contribution is -0.274. The van der Waals surface area contributed by atoms with Gasteiger partial charge in [0.25, 0.3) is 11.4 Å². The van der Waals surface area contributed by atoms with Crippen LogP contribution >= 0.6 is 0 Å². The van der Waals surface area contributed by atoms with Gasteiger partial charge >= 0.3 is 12.5 Å². The molecule has 7 nitrogen and oxygen atoms in total. The molecule has 0 bridgehead atoms. The summed E-state index contributed by atoms with van der Waals surface area (Å²) in [4.78, 5) is 21.5. The summed E-state index contributed by atoms with van der Waals surface area (Å²) >= 11 is 0. The van der Waals surface area contributed by atoms with Gasteiger partial charge in [0.05, 0.1) is 29.3 Å². The molecule has 0 unspecified atom stereocenters. The van der Waals surface area contributed by atoms with Crippen LogP contribution in [0.15, 0.2) is 82.4 Å². The zero-order chi connectivity index (χ0) is 27.1. The SMILES string of the molecule is O=c1c2cc(-c3ccc(OC(F)(F)F)cc3)ccc2ncn1Cc1noc(-c2cccc(C(F)(F)F)c2)n1. The van der Waals surface area contributed by atoms with E-state index < -0.39 is 23.7 Å². The van der Waals surface area contributed by atoms with Crippen LogP contribution in [0.1, 0.15) is 11.4 Å². The Bertz CT molecular complexity index is 1670. The van der Waals surface area contributed by atoms with E-state index in [9.17, 15) is 31.1 Å². The molecule has 13 heteroatoms. The van der Waals surface area contributed by atoms with Crippen LogP contribution in [0.2, 0.25) is 0 Å². The van der Waals surface area contributed by atoms with E-state index >= 15 is 0 Å². The Kier molecular flexibility index (Phi) is 6.13. The first kappa shape index (κ1) is 25.0. The molecule has 2 heterocycles. The molecule has 0 radical (unpaired) electrons. The first-order valence-electron chi connectivity index (χ1n) is 10.8. The summed E-state index contributed by atoms with van der Waals surface area (Å²) in [7, 11) is 0. The van der Waals surface area contributed by atoms with E-state index in [-0.39, 0.29) is 35.0 Å². The minimum absolute atomic E-state index is 0.0390. The second-order valence-corrected chi connectivity index (χ2v) is 8.08. The Morgan fingerprint density at radius 2 is 1.61 bits per heavy atom. The van der Waals surface area contributed by atoms with Crippen LogP contribution in [0.3, 0.4) is 0 Å². The number of hydrogen-bond acceptors (Lipinski definition) is 6. The van der Waals surface area contributed by atoms with Crippen molar-refractivity contribution >= 4 is 10.9 Å². The van der Waals surface area contributed by atoms with Gasteiger partial charge < -0.3 is 9.26 Å². The van der Waals surface area contributed by atoms with Gasteiger partial charge in [0, 0.05) is 5.56 Å². The summed E-state index contributed by atoms with van der Waals surface area (Å²) in [6, 6.07) is 14.4. The third-order valence-corrected chi connectivity index (χ3v) is 5.46. The maximum Gasteiger partial charge on any atom is 0.573 e. The first-order chi connectivity index (χ1) is 18.0. The van der Waals surface area contributed by atoms with Crippen LogP contribution in [-0.4, -0.2) is 26.1 Å².